The average molecular weight is 171 g/mol. The van der Waals surface area contributed by atoms with Crippen LogP contribution in [0.4, 0.5) is 0 Å². The van der Waals surface area contributed by atoms with Gasteiger partial charge in [0, 0.05) is 5.39 Å². The molecule has 0 aromatic heterocycles. The van der Waals surface area contributed by atoms with Gasteiger partial charge < -0.3 is 4.74 Å². The van der Waals surface area contributed by atoms with E-state index in [0.717, 1.165) is 11.1 Å². The third-order valence-electron chi connectivity index (χ3n) is 1.98. The van der Waals surface area contributed by atoms with E-state index in [1.54, 1.807) is 0 Å². The van der Waals surface area contributed by atoms with Crippen molar-refractivity contribution in [2.45, 2.75) is 6.92 Å². The lowest BCUT2D eigenvalue weighted by molar-refractivity contribution is 0.344. The molecule has 0 aliphatic heterocycles. The molecule has 1 radical (unpaired) electrons. The summed E-state index contributed by atoms with van der Waals surface area (Å²) < 4.78 is 5.51. The van der Waals surface area contributed by atoms with Crippen molar-refractivity contribution < 1.29 is 4.74 Å². The third-order valence-corrected chi connectivity index (χ3v) is 1.98. The number of hydrogen-bond acceptors (Lipinski definition) is 1. The van der Waals surface area contributed by atoms with Crippen molar-refractivity contribution in [1.29, 1.82) is 0 Å². The van der Waals surface area contributed by atoms with Crippen LogP contribution in [0.2, 0.25) is 0 Å². The summed E-state index contributed by atoms with van der Waals surface area (Å²) in [4.78, 5) is 0. The van der Waals surface area contributed by atoms with Gasteiger partial charge in [-0.15, -0.1) is 0 Å². The van der Waals surface area contributed by atoms with Crippen molar-refractivity contribution in [3.63, 3.8) is 0 Å². The number of fused-ring (bicyclic) bond motifs is 1. The van der Waals surface area contributed by atoms with Crippen LogP contribution in [-0.2, 0) is 0 Å². The van der Waals surface area contributed by atoms with E-state index in [4.69, 9.17) is 4.74 Å². The normalized spacial score (nSPS) is 10.2. The summed E-state index contributed by atoms with van der Waals surface area (Å²) in [5, 5.41) is 2.33. The number of hydrogen-bond donors (Lipinski definition) is 0. The molecule has 0 bridgehead atoms. The van der Waals surface area contributed by atoms with E-state index in [-0.39, 0.29) is 0 Å². The van der Waals surface area contributed by atoms with Crippen LogP contribution in [0.5, 0.6) is 5.75 Å². The van der Waals surface area contributed by atoms with Crippen LogP contribution < -0.4 is 4.74 Å². The molecule has 2 rings (SSSR count). The standard InChI is InChI=1S/C12H11O/c1-2-13-12-9-5-7-10-6-3-4-8-11(10)12/h4-9H,2H2,1H3. The first kappa shape index (κ1) is 8.11. The Hall–Kier alpha value is -1.50. The van der Waals surface area contributed by atoms with Crippen molar-refractivity contribution in [3.8, 4) is 5.75 Å². The van der Waals surface area contributed by atoms with Crippen molar-refractivity contribution in [1.82, 2.24) is 0 Å². The molecule has 0 saturated carbocycles. The molecule has 0 aliphatic carbocycles. The lowest BCUT2D eigenvalue weighted by Gasteiger charge is -2.06. The second-order valence-corrected chi connectivity index (χ2v) is 2.84. The third kappa shape index (κ3) is 1.50. The van der Waals surface area contributed by atoms with Gasteiger partial charge in [0.25, 0.3) is 0 Å². The van der Waals surface area contributed by atoms with Crippen LogP contribution in [0.3, 0.4) is 0 Å². The monoisotopic (exact) mass is 171 g/mol. The van der Waals surface area contributed by atoms with Crippen LogP contribution >= 0.6 is 0 Å². The fourth-order valence-corrected chi connectivity index (χ4v) is 1.42. The molecule has 0 heterocycles. The SMILES string of the molecule is CCOc1cccc2c[c]ccc12. The maximum absolute atomic E-state index is 5.51. The first-order valence-electron chi connectivity index (χ1n) is 4.43. The minimum absolute atomic E-state index is 0.706. The van der Waals surface area contributed by atoms with Crippen LogP contribution in [0.1, 0.15) is 6.92 Å². The van der Waals surface area contributed by atoms with Gasteiger partial charge in [-0.3, -0.25) is 0 Å². The summed E-state index contributed by atoms with van der Waals surface area (Å²) in [6.45, 7) is 2.70. The predicted molar refractivity (Wildman–Crippen MR) is 54.0 cm³/mol. The molecule has 0 fully saturated rings. The van der Waals surface area contributed by atoms with Crippen molar-refractivity contribution >= 4 is 10.8 Å². The van der Waals surface area contributed by atoms with Gasteiger partial charge in [-0.05, 0) is 30.5 Å². The average Bonchev–Trinajstić information content (AvgIpc) is 2.19. The molecule has 0 amide bonds. The van der Waals surface area contributed by atoms with E-state index in [1.807, 2.05) is 37.3 Å². The van der Waals surface area contributed by atoms with Crippen molar-refractivity contribution in [2.75, 3.05) is 6.61 Å². The first-order valence-corrected chi connectivity index (χ1v) is 4.43. The minimum atomic E-state index is 0.706. The summed E-state index contributed by atoms with van der Waals surface area (Å²) in [5.41, 5.74) is 0. The van der Waals surface area contributed by atoms with E-state index < -0.39 is 0 Å². The van der Waals surface area contributed by atoms with Gasteiger partial charge in [-0.25, -0.2) is 0 Å². The first-order chi connectivity index (χ1) is 6.42. The van der Waals surface area contributed by atoms with E-state index in [1.165, 1.54) is 5.39 Å². The highest BCUT2D eigenvalue weighted by molar-refractivity contribution is 5.88. The Labute approximate surface area is 78.0 Å². The quantitative estimate of drug-likeness (QED) is 0.674. The molecule has 2 aromatic rings. The lowest BCUT2D eigenvalue weighted by Crippen LogP contribution is -1.91. The van der Waals surface area contributed by atoms with Gasteiger partial charge in [0.15, 0.2) is 0 Å². The Kier molecular flexibility index (Phi) is 2.17. The highest BCUT2D eigenvalue weighted by atomic mass is 16.5. The Morgan fingerprint density at radius 3 is 3.08 bits per heavy atom. The zero-order chi connectivity index (χ0) is 9.10. The fourth-order valence-electron chi connectivity index (χ4n) is 1.42. The van der Waals surface area contributed by atoms with E-state index >= 15 is 0 Å². The smallest absolute Gasteiger partial charge is 0.127 e. The van der Waals surface area contributed by atoms with Crippen LogP contribution in [-0.4, -0.2) is 6.61 Å². The Morgan fingerprint density at radius 2 is 2.23 bits per heavy atom. The molecule has 1 nitrogen and oxygen atoms in total. The van der Waals surface area contributed by atoms with Gasteiger partial charge in [-0.2, -0.15) is 0 Å². The number of ether oxygens (including phenoxy) is 1. The van der Waals surface area contributed by atoms with E-state index in [0.29, 0.717) is 6.61 Å². The van der Waals surface area contributed by atoms with Crippen LogP contribution in [0.15, 0.2) is 36.4 Å². The molecule has 0 unspecified atom stereocenters. The maximum Gasteiger partial charge on any atom is 0.127 e. The maximum atomic E-state index is 5.51. The Bertz CT molecular complexity index is 401. The largest absolute Gasteiger partial charge is 0.493 e. The lowest BCUT2D eigenvalue weighted by atomic mass is 10.1. The van der Waals surface area contributed by atoms with Crippen molar-refractivity contribution in [2.24, 2.45) is 0 Å². The summed E-state index contributed by atoms with van der Waals surface area (Å²) in [7, 11) is 0. The van der Waals surface area contributed by atoms with Gasteiger partial charge in [-0.1, -0.05) is 24.3 Å². The molecule has 65 valence electrons. The molecule has 2 aromatic carbocycles. The van der Waals surface area contributed by atoms with Crippen LogP contribution in [0, 0.1) is 6.07 Å². The van der Waals surface area contributed by atoms with Crippen molar-refractivity contribution in [3.05, 3.63) is 42.5 Å². The zero-order valence-corrected chi connectivity index (χ0v) is 7.58. The molecule has 0 atom stereocenters. The Balaban J connectivity index is 2.61. The molecule has 0 spiro atoms. The van der Waals surface area contributed by atoms with Gasteiger partial charge in [0.1, 0.15) is 5.75 Å². The zero-order valence-electron chi connectivity index (χ0n) is 7.58. The second kappa shape index (κ2) is 3.48. The fraction of sp³-hybridized carbons (Fsp3) is 0.167. The molecule has 0 saturated heterocycles. The van der Waals surface area contributed by atoms with E-state index in [9.17, 15) is 0 Å². The van der Waals surface area contributed by atoms with Gasteiger partial charge in [0.2, 0.25) is 0 Å². The summed E-state index contributed by atoms with van der Waals surface area (Å²) in [6.07, 6.45) is 0. The Morgan fingerprint density at radius 1 is 1.31 bits per heavy atom. The molecular formula is C12H11O. The van der Waals surface area contributed by atoms with E-state index in [2.05, 4.69) is 12.1 Å². The van der Waals surface area contributed by atoms with Gasteiger partial charge in [0.05, 0.1) is 6.61 Å². The molecule has 13 heavy (non-hydrogen) atoms. The number of rotatable bonds is 2. The molecule has 0 N–H and O–H groups in total. The number of benzene rings is 2. The predicted octanol–water partition coefficient (Wildman–Crippen LogP) is 3.04. The summed E-state index contributed by atoms with van der Waals surface area (Å²) >= 11 is 0. The topological polar surface area (TPSA) is 9.23 Å². The highest BCUT2D eigenvalue weighted by Gasteiger charge is 1.98. The summed E-state index contributed by atoms with van der Waals surface area (Å²) in [6, 6.07) is 15.0. The van der Waals surface area contributed by atoms with Gasteiger partial charge >= 0.3 is 0 Å². The molecule has 0 aliphatic rings. The summed E-state index contributed by atoms with van der Waals surface area (Å²) in [5.74, 6) is 0.953. The highest BCUT2D eigenvalue weighted by Crippen LogP contribution is 2.24. The second-order valence-electron chi connectivity index (χ2n) is 2.84. The van der Waals surface area contributed by atoms with Crippen LogP contribution in [0.25, 0.3) is 10.8 Å². The molecular weight excluding hydrogens is 160 g/mol. The minimum Gasteiger partial charge on any atom is -0.493 e. The molecule has 1 heteroatoms.